The number of Topliss-reactive ketones (excluding diaryl/α,β-unsaturated/α-hetero) is 1. The Morgan fingerprint density at radius 2 is 2.40 bits per heavy atom. The van der Waals surface area contributed by atoms with Crippen LogP contribution in [-0.2, 0) is 16.1 Å². The Morgan fingerprint density at radius 3 is 2.87 bits per heavy atom. The van der Waals surface area contributed by atoms with Crippen LogP contribution in [0.1, 0.15) is 0 Å². The minimum atomic E-state index is -0.734. The molecule has 9 heteroatoms. The summed E-state index contributed by atoms with van der Waals surface area (Å²) in [7, 11) is 1.39. The first-order valence-corrected chi connectivity index (χ1v) is 4.59. The van der Waals surface area contributed by atoms with Crippen molar-refractivity contribution in [3.8, 4) is 0 Å². The van der Waals surface area contributed by atoms with Crippen molar-refractivity contribution < 1.29 is 14.5 Å². The summed E-state index contributed by atoms with van der Waals surface area (Å²) in [5.74, 6) is -0.801. The number of hydrogen-bond acceptors (Lipinski definition) is 6. The number of methoxy groups -OCH3 is 1. The van der Waals surface area contributed by atoms with Crippen LogP contribution in [0.2, 0.25) is 0 Å². The summed E-state index contributed by atoms with van der Waals surface area (Å²) in [6.45, 7) is -0.185. The van der Waals surface area contributed by atoms with Gasteiger partial charge in [-0.15, -0.1) is 0 Å². The highest BCUT2D eigenvalue weighted by Crippen LogP contribution is 2.11. The van der Waals surface area contributed by atoms with Crippen LogP contribution in [0.15, 0.2) is 4.73 Å². The summed E-state index contributed by atoms with van der Waals surface area (Å²) in [5, 5.41) is 13.8. The lowest BCUT2D eigenvalue weighted by molar-refractivity contribution is -0.394. The van der Waals surface area contributed by atoms with E-state index in [1.165, 1.54) is 7.11 Å². The molecule has 0 saturated heterocycles. The molecule has 0 spiro atoms. The molecule has 0 aliphatic heterocycles. The number of carbonyl (C=O) groups excluding carboxylic acids is 1. The molecule has 1 rings (SSSR count). The van der Waals surface area contributed by atoms with Crippen LogP contribution < -0.4 is 0 Å². The van der Waals surface area contributed by atoms with Crippen molar-refractivity contribution in [2.24, 2.45) is 0 Å². The van der Waals surface area contributed by atoms with Gasteiger partial charge in [-0.05, 0) is 9.91 Å². The minimum absolute atomic E-state index is 0.0693. The fraction of sp³-hybridized carbons (Fsp3) is 0.500. The normalized spacial score (nSPS) is 10.3. The molecular weight excluding hydrogens is 272 g/mol. The van der Waals surface area contributed by atoms with E-state index in [9.17, 15) is 14.9 Å². The monoisotopic (exact) mass is 278 g/mol. The first kappa shape index (κ1) is 11.7. The molecule has 82 valence electrons. The van der Waals surface area contributed by atoms with Gasteiger partial charge in [-0.3, -0.25) is 4.79 Å². The molecule has 15 heavy (non-hydrogen) atoms. The van der Waals surface area contributed by atoms with E-state index < -0.39 is 10.9 Å². The number of halogens is 1. The second-order valence-electron chi connectivity index (χ2n) is 2.57. The summed E-state index contributed by atoms with van der Waals surface area (Å²) in [6, 6.07) is 0. The maximum absolute atomic E-state index is 11.1. The predicted molar refractivity (Wildman–Crippen MR) is 51.3 cm³/mol. The van der Waals surface area contributed by atoms with E-state index in [-0.39, 0.29) is 23.7 Å². The van der Waals surface area contributed by atoms with Crippen LogP contribution in [0, 0.1) is 10.1 Å². The highest BCUT2D eigenvalue weighted by Gasteiger charge is 2.20. The number of nitrogens with zero attached hydrogens (tertiary/aromatic N) is 4. The first-order valence-electron chi connectivity index (χ1n) is 3.80. The molecule has 0 aromatic carbocycles. The van der Waals surface area contributed by atoms with Crippen molar-refractivity contribution in [2.75, 3.05) is 13.7 Å². The lowest BCUT2D eigenvalue weighted by Gasteiger charge is -1.96. The summed E-state index contributed by atoms with van der Waals surface area (Å²) < 4.78 is 5.84. The topological polar surface area (TPSA) is 100 Å². The molecule has 0 fully saturated rings. The van der Waals surface area contributed by atoms with Gasteiger partial charge in [-0.25, -0.2) is 0 Å². The molecule has 1 heterocycles. The molecule has 0 saturated carbocycles. The number of nitro groups is 1. The van der Waals surface area contributed by atoms with E-state index >= 15 is 0 Å². The molecule has 0 bridgehead atoms. The average molecular weight is 279 g/mol. The Hall–Kier alpha value is -1.35. The lowest BCUT2D eigenvalue weighted by atomic mass is 10.4. The lowest BCUT2D eigenvalue weighted by Crippen LogP contribution is -2.16. The number of ketones is 1. The number of carbonyl (C=O) groups is 1. The maximum Gasteiger partial charge on any atom is 0.492 e. The third kappa shape index (κ3) is 3.06. The standard InChI is InChI=1S/C6H7BrN4O4/c1-15-3-4(12)2-10-5(7)8-6(9-10)11(13)14/h2-3H2,1H3. The van der Waals surface area contributed by atoms with Crippen LogP contribution in [0.25, 0.3) is 0 Å². The maximum atomic E-state index is 11.1. The second kappa shape index (κ2) is 4.94. The third-order valence-electron chi connectivity index (χ3n) is 1.41. The average Bonchev–Trinajstić information content (AvgIpc) is 2.48. The van der Waals surface area contributed by atoms with Crippen molar-refractivity contribution in [1.82, 2.24) is 14.8 Å². The van der Waals surface area contributed by atoms with Crippen molar-refractivity contribution in [3.63, 3.8) is 0 Å². The van der Waals surface area contributed by atoms with Crippen molar-refractivity contribution >= 4 is 27.7 Å². The molecule has 8 nitrogen and oxygen atoms in total. The molecule has 0 aliphatic carbocycles. The first-order chi connectivity index (χ1) is 7.04. The molecule has 0 atom stereocenters. The Morgan fingerprint density at radius 1 is 1.73 bits per heavy atom. The van der Waals surface area contributed by atoms with Crippen molar-refractivity contribution in [1.29, 1.82) is 0 Å². The van der Waals surface area contributed by atoms with Gasteiger partial charge in [0.2, 0.25) is 0 Å². The molecule has 1 aromatic rings. The fourth-order valence-electron chi connectivity index (χ4n) is 0.863. The Bertz CT molecular complexity index is 390. The van der Waals surface area contributed by atoms with E-state index in [4.69, 9.17) is 0 Å². The van der Waals surface area contributed by atoms with E-state index in [1.54, 1.807) is 0 Å². The zero-order valence-electron chi connectivity index (χ0n) is 7.71. The van der Waals surface area contributed by atoms with Gasteiger partial charge in [0.15, 0.2) is 5.78 Å². The molecule has 1 aromatic heterocycles. The summed E-state index contributed by atoms with van der Waals surface area (Å²) in [6.07, 6.45) is 0. The van der Waals surface area contributed by atoms with Crippen LogP contribution in [0.5, 0.6) is 0 Å². The second-order valence-corrected chi connectivity index (χ2v) is 3.28. The summed E-state index contributed by atoms with van der Waals surface area (Å²) in [5.41, 5.74) is 0. The van der Waals surface area contributed by atoms with Gasteiger partial charge in [-0.1, -0.05) is 0 Å². The molecule has 0 aliphatic rings. The van der Waals surface area contributed by atoms with E-state index in [2.05, 4.69) is 30.7 Å². The van der Waals surface area contributed by atoms with Crippen LogP contribution in [-0.4, -0.2) is 39.2 Å². The highest BCUT2D eigenvalue weighted by molar-refractivity contribution is 9.10. The summed E-state index contributed by atoms with van der Waals surface area (Å²) in [4.78, 5) is 24.2. The quantitative estimate of drug-likeness (QED) is 0.562. The number of rotatable bonds is 5. The van der Waals surface area contributed by atoms with Gasteiger partial charge in [0, 0.05) is 28.1 Å². The minimum Gasteiger partial charge on any atom is -0.390 e. The largest absolute Gasteiger partial charge is 0.492 e. The zero-order chi connectivity index (χ0) is 11.4. The number of hydrogen-bond donors (Lipinski definition) is 0. The Labute approximate surface area is 92.5 Å². The molecule has 0 N–H and O–H groups in total. The summed E-state index contributed by atoms with van der Waals surface area (Å²) >= 11 is 2.96. The van der Waals surface area contributed by atoms with Gasteiger partial charge >= 0.3 is 5.95 Å². The molecule has 0 unspecified atom stereocenters. The highest BCUT2D eigenvalue weighted by atomic mass is 79.9. The Balaban J connectivity index is 2.77. The molecular formula is C6H7BrN4O4. The van der Waals surface area contributed by atoms with Gasteiger partial charge in [0.05, 0.1) is 0 Å². The van der Waals surface area contributed by atoms with E-state index in [0.717, 1.165) is 4.68 Å². The van der Waals surface area contributed by atoms with Gasteiger partial charge in [0.1, 0.15) is 13.2 Å². The van der Waals surface area contributed by atoms with E-state index in [1.807, 2.05) is 0 Å². The number of aromatic nitrogens is 3. The SMILES string of the molecule is COCC(=O)Cn1nc([N+](=O)[O-])nc1Br. The van der Waals surface area contributed by atoms with E-state index in [0.29, 0.717) is 0 Å². The van der Waals surface area contributed by atoms with Gasteiger partial charge in [-0.2, -0.15) is 4.68 Å². The number of ether oxygens (including phenoxy) is 1. The van der Waals surface area contributed by atoms with Crippen LogP contribution in [0.3, 0.4) is 0 Å². The van der Waals surface area contributed by atoms with Gasteiger partial charge in [0.25, 0.3) is 4.73 Å². The van der Waals surface area contributed by atoms with Crippen LogP contribution >= 0.6 is 15.9 Å². The van der Waals surface area contributed by atoms with Gasteiger partial charge < -0.3 is 14.9 Å². The van der Waals surface area contributed by atoms with Crippen LogP contribution in [0.4, 0.5) is 5.95 Å². The predicted octanol–water partition coefficient (Wildman–Crippen LogP) is 0.164. The Kier molecular flexibility index (Phi) is 3.86. The molecule has 0 radical (unpaired) electrons. The fourth-order valence-corrected chi connectivity index (χ4v) is 1.23. The zero-order valence-corrected chi connectivity index (χ0v) is 9.30. The smallest absolute Gasteiger partial charge is 0.390 e. The van der Waals surface area contributed by atoms with Crippen molar-refractivity contribution in [3.05, 3.63) is 14.8 Å². The van der Waals surface area contributed by atoms with Crippen molar-refractivity contribution in [2.45, 2.75) is 6.54 Å². The molecule has 0 amide bonds. The third-order valence-corrected chi connectivity index (χ3v) is 2.00.